The number of nitrogens with zero attached hydrogens (tertiary/aromatic N) is 3. The molecule has 3 rings (SSSR count). The molecule has 1 heterocycles. The first-order chi connectivity index (χ1) is 11.9. The number of carbonyl (C=O) groups excluding carboxylic acids is 1. The molecular formula is C19H21ClN4O. The summed E-state index contributed by atoms with van der Waals surface area (Å²) in [6.45, 7) is 3.85. The Morgan fingerprint density at radius 1 is 1.32 bits per heavy atom. The van der Waals surface area contributed by atoms with Crippen molar-refractivity contribution in [1.29, 1.82) is 5.26 Å². The van der Waals surface area contributed by atoms with Crippen LogP contribution < -0.4 is 5.32 Å². The Hall–Kier alpha value is -2.32. The van der Waals surface area contributed by atoms with Gasteiger partial charge in [-0.3, -0.25) is 4.79 Å². The maximum atomic E-state index is 12.5. The number of aryl methyl sites for hydroxylation is 1. The first-order valence-electron chi connectivity index (χ1n) is 8.47. The van der Waals surface area contributed by atoms with E-state index in [4.69, 9.17) is 11.6 Å². The average Bonchev–Trinajstić information content (AvgIpc) is 3.16. The zero-order chi connectivity index (χ0) is 18.0. The van der Waals surface area contributed by atoms with Gasteiger partial charge in [-0.1, -0.05) is 11.6 Å². The topological polar surface area (TPSA) is 70.7 Å². The summed E-state index contributed by atoms with van der Waals surface area (Å²) in [4.78, 5) is 12.5. The molecule has 0 aliphatic heterocycles. The predicted octanol–water partition coefficient (Wildman–Crippen LogP) is 3.64. The fraction of sp³-hybridized carbons (Fsp3) is 0.421. The van der Waals surface area contributed by atoms with E-state index >= 15 is 0 Å². The van der Waals surface area contributed by atoms with E-state index in [0.29, 0.717) is 5.02 Å². The Morgan fingerprint density at radius 2 is 1.96 bits per heavy atom. The van der Waals surface area contributed by atoms with E-state index in [0.717, 1.165) is 48.3 Å². The third-order valence-corrected chi connectivity index (χ3v) is 5.15. The number of hydrogen-bond acceptors (Lipinski definition) is 3. The molecule has 0 bridgehead atoms. The summed E-state index contributed by atoms with van der Waals surface area (Å²) in [7, 11) is 0. The summed E-state index contributed by atoms with van der Waals surface area (Å²) >= 11 is 5.94. The molecule has 1 aromatic carbocycles. The minimum atomic E-state index is -0.689. The second-order valence-electron chi connectivity index (χ2n) is 6.66. The number of nitriles is 1. The normalized spacial score (nSPS) is 15.8. The van der Waals surface area contributed by atoms with Crippen LogP contribution in [0.4, 0.5) is 0 Å². The molecule has 2 aromatic rings. The second-order valence-corrected chi connectivity index (χ2v) is 7.10. The van der Waals surface area contributed by atoms with E-state index in [1.54, 1.807) is 0 Å². The van der Waals surface area contributed by atoms with Crippen LogP contribution in [0.2, 0.25) is 5.02 Å². The van der Waals surface area contributed by atoms with Crippen molar-refractivity contribution in [3.8, 4) is 11.8 Å². The molecule has 5 nitrogen and oxygen atoms in total. The third-order valence-electron chi connectivity index (χ3n) is 4.90. The predicted molar refractivity (Wildman–Crippen MR) is 96.7 cm³/mol. The third kappa shape index (κ3) is 3.54. The first kappa shape index (κ1) is 17.5. The Bertz CT molecular complexity index is 826. The highest BCUT2D eigenvalue weighted by atomic mass is 35.5. The van der Waals surface area contributed by atoms with Crippen molar-refractivity contribution in [3.63, 3.8) is 0 Å². The molecule has 6 heteroatoms. The molecule has 0 radical (unpaired) electrons. The van der Waals surface area contributed by atoms with E-state index in [-0.39, 0.29) is 12.3 Å². The van der Waals surface area contributed by atoms with Crippen molar-refractivity contribution in [2.75, 3.05) is 0 Å². The van der Waals surface area contributed by atoms with Crippen LogP contribution >= 0.6 is 11.6 Å². The Kier molecular flexibility index (Phi) is 4.82. The minimum absolute atomic E-state index is 0.120. The number of hydrogen-bond donors (Lipinski definition) is 1. The molecule has 1 saturated carbocycles. The molecule has 1 aliphatic carbocycles. The maximum absolute atomic E-state index is 12.5. The zero-order valence-corrected chi connectivity index (χ0v) is 15.2. The average molecular weight is 357 g/mol. The highest BCUT2D eigenvalue weighted by Gasteiger charge is 2.35. The lowest BCUT2D eigenvalue weighted by atomic mass is 9.99. The van der Waals surface area contributed by atoms with Gasteiger partial charge in [-0.05, 0) is 63.8 Å². The van der Waals surface area contributed by atoms with Crippen LogP contribution in [0, 0.1) is 25.2 Å². The molecule has 130 valence electrons. The van der Waals surface area contributed by atoms with Crippen LogP contribution in [0.25, 0.3) is 5.69 Å². The highest BCUT2D eigenvalue weighted by Crippen LogP contribution is 2.29. The molecule has 1 aliphatic rings. The van der Waals surface area contributed by atoms with Crippen molar-refractivity contribution in [2.24, 2.45) is 0 Å². The Morgan fingerprint density at radius 3 is 2.56 bits per heavy atom. The van der Waals surface area contributed by atoms with Gasteiger partial charge >= 0.3 is 0 Å². The molecule has 1 fully saturated rings. The molecule has 1 amide bonds. The molecule has 0 saturated heterocycles. The Labute approximate surface area is 152 Å². The smallest absolute Gasteiger partial charge is 0.225 e. The summed E-state index contributed by atoms with van der Waals surface area (Å²) in [6.07, 6.45) is 3.67. The lowest BCUT2D eigenvalue weighted by molar-refractivity contribution is -0.121. The van der Waals surface area contributed by atoms with Gasteiger partial charge < -0.3 is 5.32 Å². The van der Waals surface area contributed by atoms with Crippen molar-refractivity contribution in [3.05, 3.63) is 46.2 Å². The van der Waals surface area contributed by atoms with Gasteiger partial charge in [0.2, 0.25) is 5.91 Å². The quantitative estimate of drug-likeness (QED) is 0.909. The molecule has 1 aromatic heterocycles. The van der Waals surface area contributed by atoms with Crippen molar-refractivity contribution >= 4 is 17.5 Å². The fourth-order valence-electron chi connectivity index (χ4n) is 3.48. The first-order valence-corrected chi connectivity index (χ1v) is 8.85. The molecular weight excluding hydrogens is 336 g/mol. The highest BCUT2D eigenvalue weighted by molar-refractivity contribution is 6.30. The largest absolute Gasteiger partial charge is 0.338 e. The molecule has 0 spiro atoms. The van der Waals surface area contributed by atoms with Gasteiger partial charge in [-0.2, -0.15) is 10.4 Å². The van der Waals surface area contributed by atoms with Gasteiger partial charge in [-0.25, -0.2) is 4.68 Å². The van der Waals surface area contributed by atoms with E-state index in [1.807, 2.05) is 42.8 Å². The van der Waals surface area contributed by atoms with Gasteiger partial charge in [0.25, 0.3) is 0 Å². The summed E-state index contributed by atoms with van der Waals surface area (Å²) in [6, 6.07) is 9.72. The fourth-order valence-corrected chi connectivity index (χ4v) is 3.61. The van der Waals surface area contributed by atoms with Gasteiger partial charge in [0, 0.05) is 16.3 Å². The number of halogens is 1. The molecule has 0 unspecified atom stereocenters. The van der Waals surface area contributed by atoms with Gasteiger partial charge in [0.05, 0.1) is 23.9 Å². The maximum Gasteiger partial charge on any atom is 0.225 e. The van der Waals surface area contributed by atoms with Crippen molar-refractivity contribution in [2.45, 2.75) is 51.5 Å². The number of aromatic nitrogens is 2. The number of amides is 1. The molecule has 25 heavy (non-hydrogen) atoms. The minimum Gasteiger partial charge on any atom is -0.338 e. The number of nitrogens with one attached hydrogen (secondary N) is 1. The summed E-state index contributed by atoms with van der Waals surface area (Å²) in [5.74, 6) is -0.120. The van der Waals surface area contributed by atoms with Crippen LogP contribution in [0.1, 0.15) is 42.6 Å². The zero-order valence-electron chi connectivity index (χ0n) is 14.5. The number of rotatable bonds is 4. The van der Waals surface area contributed by atoms with Crippen LogP contribution in [0.3, 0.4) is 0 Å². The van der Waals surface area contributed by atoms with Crippen LogP contribution in [0.15, 0.2) is 24.3 Å². The van der Waals surface area contributed by atoms with E-state index in [1.165, 1.54) is 0 Å². The SMILES string of the molecule is Cc1nn(-c2ccc(Cl)cc2)c(C)c1CC(=O)NC1(C#N)CCCC1. The van der Waals surface area contributed by atoms with Crippen LogP contribution in [-0.4, -0.2) is 21.2 Å². The van der Waals surface area contributed by atoms with E-state index < -0.39 is 5.54 Å². The van der Waals surface area contributed by atoms with Crippen molar-refractivity contribution < 1.29 is 4.79 Å². The second kappa shape index (κ2) is 6.89. The Balaban J connectivity index is 1.80. The number of carbonyl (C=O) groups is 1. The van der Waals surface area contributed by atoms with E-state index in [9.17, 15) is 10.1 Å². The summed E-state index contributed by atoms with van der Waals surface area (Å²) in [5, 5.41) is 17.6. The standard InChI is InChI=1S/C19H21ClN4O/c1-13-17(11-18(25)22-19(12-21)9-3-4-10-19)14(2)24(23-13)16-7-5-15(20)6-8-16/h5-8H,3-4,9-11H2,1-2H3,(H,22,25). The molecule has 0 atom stereocenters. The lowest BCUT2D eigenvalue weighted by Gasteiger charge is -2.22. The van der Waals surface area contributed by atoms with Crippen molar-refractivity contribution in [1.82, 2.24) is 15.1 Å². The van der Waals surface area contributed by atoms with E-state index in [2.05, 4.69) is 16.5 Å². The monoisotopic (exact) mass is 356 g/mol. The number of benzene rings is 1. The lowest BCUT2D eigenvalue weighted by Crippen LogP contribution is -2.45. The van der Waals surface area contributed by atoms with Gasteiger partial charge in [0.1, 0.15) is 5.54 Å². The molecule has 1 N–H and O–H groups in total. The van der Waals surface area contributed by atoms with Gasteiger partial charge in [0.15, 0.2) is 0 Å². The van der Waals surface area contributed by atoms with Gasteiger partial charge in [-0.15, -0.1) is 0 Å². The van der Waals surface area contributed by atoms with Crippen LogP contribution in [-0.2, 0) is 11.2 Å². The summed E-state index contributed by atoms with van der Waals surface area (Å²) in [5.41, 5.74) is 2.86. The van der Waals surface area contributed by atoms with Crippen LogP contribution in [0.5, 0.6) is 0 Å². The summed E-state index contributed by atoms with van der Waals surface area (Å²) < 4.78 is 1.82.